The smallest absolute Gasteiger partial charge is 0.341 e. The molecule has 0 bridgehead atoms. The normalized spacial score (nSPS) is 10.3. The fourth-order valence-corrected chi connectivity index (χ4v) is 3.84. The number of esters is 1. The van der Waals surface area contributed by atoms with Gasteiger partial charge in [-0.1, -0.05) is 25.5 Å². The lowest BCUT2D eigenvalue weighted by atomic mass is 10.1. The molecule has 0 radical (unpaired) electrons. The SMILES string of the molecule is CCCCNC(=O)c1sc(NC(=O)c2ccccc2OC)c(C(=O)OCC)c1C. The second-order valence-corrected chi connectivity index (χ2v) is 7.27. The van der Waals surface area contributed by atoms with Crippen molar-refractivity contribution in [2.45, 2.75) is 33.6 Å². The summed E-state index contributed by atoms with van der Waals surface area (Å²) >= 11 is 1.06. The highest BCUT2D eigenvalue weighted by Gasteiger charge is 2.27. The summed E-state index contributed by atoms with van der Waals surface area (Å²) in [6, 6.07) is 6.77. The van der Waals surface area contributed by atoms with Crippen molar-refractivity contribution in [3.05, 3.63) is 45.8 Å². The van der Waals surface area contributed by atoms with Gasteiger partial charge in [0.25, 0.3) is 11.8 Å². The third-order valence-electron chi connectivity index (χ3n) is 4.23. The van der Waals surface area contributed by atoms with Crippen LogP contribution in [0.3, 0.4) is 0 Å². The molecular formula is C21H26N2O5S. The number of para-hydroxylation sites is 1. The minimum absolute atomic E-state index is 0.187. The van der Waals surface area contributed by atoms with E-state index in [1.807, 2.05) is 6.92 Å². The standard InChI is InChI=1S/C21H26N2O5S/c1-5-7-12-22-19(25)17-13(3)16(21(26)28-6-2)20(29-17)23-18(24)14-10-8-9-11-15(14)27-4/h8-11H,5-7,12H2,1-4H3,(H,22,25)(H,23,24). The number of rotatable bonds is 9. The molecule has 8 heteroatoms. The van der Waals surface area contributed by atoms with Gasteiger partial charge in [0.2, 0.25) is 0 Å². The highest BCUT2D eigenvalue weighted by molar-refractivity contribution is 7.18. The van der Waals surface area contributed by atoms with E-state index in [1.54, 1.807) is 38.1 Å². The highest BCUT2D eigenvalue weighted by Crippen LogP contribution is 2.34. The average Bonchev–Trinajstić information content (AvgIpc) is 3.04. The van der Waals surface area contributed by atoms with Gasteiger partial charge in [0, 0.05) is 6.54 Å². The molecule has 7 nitrogen and oxygen atoms in total. The summed E-state index contributed by atoms with van der Waals surface area (Å²) in [6.45, 7) is 6.14. The largest absolute Gasteiger partial charge is 0.496 e. The summed E-state index contributed by atoms with van der Waals surface area (Å²) in [5, 5.41) is 5.86. The number of anilines is 1. The molecule has 0 unspecified atom stereocenters. The molecule has 156 valence electrons. The van der Waals surface area contributed by atoms with Gasteiger partial charge in [0.1, 0.15) is 10.8 Å². The van der Waals surface area contributed by atoms with Crippen LogP contribution < -0.4 is 15.4 Å². The molecule has 0 saturated carbocycles. The van der Waals surface area contributed by atoms with Crippen LogP contribution in [0.15, 0.2) is 24.3 Å². The van der Waals surface area contributed by atoms with Gasteiger partial charge < -0.3 is 20.1 Å². The number of carbonyl (C=O) groups is 3. The van der Waals surface area contributed by atoms with Crippen molar-refractivity contribution in [1.29, 1.82) is 0 Å². The van der Waals surface area contributed by atoms with Gasteiger partial charge in [-0.25, -0.2) is 4.79 Å². The van der Waals surface area contributed by atoms with E-state index < -0.39 is 11.9 Å². The second-order valence-electron chi connectivity index (χ2n) is 6.24. The number of carbonyl (C=O) groups excluding carboxylic acids is 3. The predicted molar refractivity (Wildman–Crippen MR) is 113 cm³/mol. The summed E-state index contributed by atoms with van der Waals surface area (Å²) in [5.74, 6) is -0.880. The zero-order valence-electron chi connectivity index (χ0n) is 17.1. The Hall–Kier alpha value is -2.87. The maximum atomic E-state index is 12.8. The first-order valence-electron chi connectivity index (χ1n) is 9.47. The molecule has 1 heterocycles. The van der Waals surface area contributed by atoms with E-state index in [0.717, 1.165) is 24.2 Å². The van der Waals surface area contributed by atoms with Crippen LogP contribution in [0.2, 0.25) is 0 Å². The number of unbranched alkanes of at least 4 members (excludes halogenated alkanes) is 1. The molecule has 0 aliphatic carbocycles. The maximum absolute atomic E-state index is 12.8. The second kappa shape index (κ2) is 10.6. The van der Waals surface area contributed by atoms with E-state index in [2.05, 4.69) is 10.6 Å². The van der Waals surface area contributed by atoms with Crippen molar-refractivity contribution in [2.24, 2.45) is 0 Å². The summed E-state index contributed by atoms with van der Waals surface area (Å²) < 4.78 is 10.4. The van der Waals surface area contributed by atoms with E-state index in [-0.39, 0.29) is 23.1 Å². The molecule has 0 aliphatic heterocycles. The van der Waals surface area contributed by atoms with Gasteiger partial charge >= 0.3 is 5.97 Å². The lowest BCUT2D eigenvalue weighted by molar-refractivity contribution is 0.0527. The van der Waals surface area contributed by atoms with Crippen LogP contribution in [0.4, 0.5) is 5.00 Å². The fourth-order valence-electron chi connectivity index (χ4n) is 2.73. The van der Waals surface area contributed by atoms with Crippen molar-refractivity contribution < 1.29 is 23.9 Å². The van der Waals surface area contributed by atoms with Crippen molar-refractivity contribution in [3.63, 3.8) is 0 Å². The van der Waals surface area contributed by atoms with E-state index in [0.29, 0.717) is 28.3 Å². The first-order chi connectivity index (χ1) is 13.9. The number of benzene rings is 1. The first kappa shape index (κ1) is 22.4. The molecule has 1 aromatic carbocycles. The van der Waals surface area contributed by atoms with E-state index in [1.165, 1.54) is 7.11 Å². The molecule has 29 heavy (non-hydrogen) atoms. The number of thiophene rings is 1. The summed E-state index contributed by atoms with van der Waals surface area (Å²) in [5.41, 5.74) is 1.00. The first-order valence-corrected chi connectivity index (χ1v) is 10.3. The molecule has 0 fully saturated rings. The topological polar surface area (TPSA) is 93.7 Å². The Morgan fingerprint density at radius 3 is 2.48 bits per heavy atom. The maximum Gasteiger partial charge on any atom is 0.341 e. The van der Waals surface area contributed by atoms with Gasteiger partial charge in [-0.05, 0) is 38.0 Å². The highest BCUT2D eigenvalue weighted by atomic mass is 32.1. The van der Waals surface area contributed by atoms with Gasteiger partial charge in [-0.2, -0.15) is 0 Å². The molecule has 2 rings (SSSR count). The Labute approximate surface area is 174 Å². The Bertz CT molecular complexity index is 891. The number of ether oxygens (including phenoxy) is 2. The van der Waals surface area contributed by atoms with Crippen LogP contribution in [0.1, 0.15) is 62.6 Å². The van der Waals surface area contributed by atoms with Crippen molar-refractivity contribution in [3.8, 4) is 5.75 Å². The van der Waals surface area contributed by atoms with Crippen molar-refractivity contribution in [2.75, 3.05) is 25.6 Å². The fraction of sp³-hybridized carbons (Fsp3) is 0.381. The third kappa shape index (κ3) is 5.35. The minimum atomic E-state index is -0.579. The zero-order chi connectivity index (χ0) is 21.4. The summed E-state index contributed by atoms with van der Waals surface area (Å²) in [7, 11) is 1.48. The van der Waals surface area contributed by atoms with Gasteiger partial charge in [-0.15, -0.1) is 11.3 Å². The molecule has 0 saturated heterocycles. The molecule has 2 N–H and O–H groups in total. The molecule has 0 spiro atoms. The molecule has 2 amide bonds. The van der Waals surface area contributed by atoms with Gasteiger partial charge in [-0.3, -0.25) is 9.59 Å². The number of hydrogen-bond acceptors (Lipinski definition) is 6. The van der Waals surface area contributed by atoms with E-state index in [9.17, 15) is 14.4 Å². The molecule has 2 aromatic rings. The van der Waals surface area contributed by atoms with E-state index >= 15 is 0 Å². The predicted octanol–water partition coefficient (Wildman–Crippen LogP) is 4.02. The lowest BCUT2D eigenvalue weighted by Crippen LogP contribution is -2.24. The van der Waals surface area contributed by atoms with Crippen LogP contribution >= 0.6 is 11.3 Å². The van der Waals surface area contributed by atoms with Crippen molar-refractivity contribution >= 4 is 34.1 Å². The van der Waals surface area contributed by atoms with Crippen LogP contribution in [0, 0.1) is 6.92 Å². The summed E-state index contributed by atoms with van der Waals surface area (Å²) in [4.78, 5) is 38.2. The Balaban J connectivity index is 2.38. The number of nitrogens with one attached hydrogen (secondary N) is 2. The molecule has 0 aliphatic rings. The molecule has 1 aromatic heterocycles. The number of methoxy groups -OCH3 is 1. The van der Waals surface area contributed by atoms with Gasteiger partial charge in [0.15, 0.2) is 0 Å². The minimum Gasteiger partial charge on any atom is -0.496 e. The lowest BCUT2D eigenvalue weighted by Gasteiger charge is -2.09. The average molecular weight is 419 g/mol. The Morgan fingerprint density at radius 2 is 1.83 bits per heavy atom. The van der Waals surface area contributed by atoms with E-state index in [4.69, 9.17) is 9.47 Å². The molecular weight excluding hydrogens is 392 g/mol. The Morgan fingerprint density at radius 1 is 1.10 bits per heavy atom. The monoisotopic (exact) mass is 418 g/mol. The van der Waals surface area contributed by atoms with Crippen molar-refractivity contribution in [1.82, 2.24) is 5.32 Å². The third-order valence-corrected chi connectivity index (χ3v) is 5.43. The molecule has 0 atom stereocenters. The quantitative estimate of drug-likeness (QED) is 0.474. The number of amides is 2. The van der Waals surface area contributed by atoms with Crippen LogP contribution in [-0.2, 0) is 4.74 Å². The zero-order valence-corrected chi connectivity index (χ0v) is 17.9. The number of hydrogen-bond donors (Lipinski definition) is 2. The van der Waals surface area contributed by atoms with Crippen LogP contribution in [0.5, 0.6) is 5.75 Å². The van der Waals surface area contributed by atoms with Crippen LogP contribution in [-0.4, -0.2) is 38.0 Å². The van der Waals surface area contributed by atoms with Gasteiger partial charge in [0.05, 0.1) is 29.7 Å². The van der Waals surface area contributed by atoms with Crippen LogP contribution in [0.25, 0.3) is 0 Å². The summed E-state index contributed by atoms with van der Waals surface area (Å²) in [6.07, 6.45) is 1.82. The Kier molecular flexibility index (Phi) is 8.21.